The fourth-order valence-electron chi connectivity index (χ4n) is 5.98. The van der Waals surface area contributed by atoms with E-state index in [9.17, 15) is 0 Å². The molecule has 0 spiro atoms. The van der Waals surface area contributed by atoms with E-state index < -0.39 is 0 Å². The zero-order valence-electron chi connectivity index (χ0n) is 14.4. The van der Waals surface area contributed by atoms with Crippen LogP contribution < -0.4 is 0 Å². The normalized spacial score (nSPS) is 41.9. The summed E-state index contributed by atoms with van der Waals surface area (Å²) in [7, 11) is 0. The molecule has 5 fully saturated rings. The van der Waals surface area contributed by atoms with Gasteiger partial charge in [0.1, 0.15) is 0 Å². The van der Waals surface area contributed by atoms with Crippen LogP contribution in [0.15, 0.2) is 22.3 Å². The Labute approximate surface area is 136 Å². The quantitative estimate of drug-likeness (QED) is 0.515. The summed E-state index contributed by atoms with van der Waals surface area (Å²) >= 11 is 0. The summed E-state index contributed by atoms with van der Waals surface area (Å²) in [6.45, 7) is 2.41. The molecule has 0 aromatic rings. The molecule has 0 N–H and O–H groups in total. The lowest BCUT2D eigenvalue weighted by atomic mass is 9.60. The third-order valence-corrected chi connectivity index (χ3v) is 8.03. The van der Waals surface area contributed by atoms with E-state index in [1.807, 2.05) is 22.3 Å². The standard InChI is InChI=1S/C22H32/c1-14-7-18(8-14)20-12-22(13-20)21-10-19(11-21)17-6-5-16(9-17)15-3-2-4-15/h14-16,21-22H,2-13H2,1H3. The Balaban J connectivity index is 1.12. The molecule has 0 nitrogen and oxygen atoms in total. The zero-order chi connectivity index (χ0) is 14.7. The predicted molar refractivity (Wildman–Crippen MR) is 92.6 cm³/mol. The first-order chi connectivity index (χ1) is 10.8. The molecule has 0 radical (unpaired) electrons. The summed E-state index contributed by atoms with van der Waals surface area (Å²) in [6, 6.07) is 0. The van der Waals surface area contributed by atoms with E-state index in [1.165, 1.54) is 64.2 Å². The molecule has 22 heavy (non-hydrogen) atoms. The van der Waals surface area contributed by atoms with Crippen molar-refractivity contribution >= 4 is 0 Å². The summed E-state index contributed by atoms with van der Waals surface area (Å²) in [4.78, 5) is 0. The predicted octanol–water partition coefficient (Wildman–Crippen LogP) is 6.43. The first kappa shape index (κ1) is 13.9. The Morgan fingerprint density at radius 2 is 1.09 bits per heavy atom. The van der Waals surface area contributed by atoms with Gasteiger partial charge in [0.25, 0.3) is 0 Å². The third kappa shape index (κ3) is 2.24. The van der Waals surface area contributed by atoms with E-state index in [4.69, 9.17) is 0 Å². The molecular formula is C22H32. The average molecular weight is 296 g/mol. The lowest BCUT2D eigenvalue weighted by Gasteiger charge is -2.46. The molecule has 5 rings (SSSR count). The highest BCUT2D eigenvalue weighted by atomic mass is 14.5. The monoisotopic (exact) mass is 296 g/mol. The molecule has 0 aromatic heterocycles. The minimum atomic E-state index is 0.993. The van der Waals surface area contributed by atoms with Crippen molar-refractivity contribution in [3.05, 3.63) is 22.3 Å². The van der Waals surface area contributed by atoms with Crippen molar-refractivity contribution in [1.29, 1.82) is 0 Å². The fourth-order valence-corrected chi connectivity index (χ4v) is 5.98. The maximum Gasteiger partial charge on any atom is -0.0283 e. The highest BCUT2D eigenvalue weighted by Gasteiger charge is 2.41. The third-order valence-electron chi connectivity index (χ3n) is 8.03. The maximum atomic E-state index is 2.41. The van der Waals surface area contributed by atoms with Crippen molar-refractivity contribution in [2.24, 2.45) is 29.6 Å². The Morgan fingerprint density at radius 1 is 0.545 bits per heavy atom. The van der Waals surface area contributed by atoms with E-state index in [2.05, 4.69) is 6.92 Å². The first-order valence-electron chi connectivity index (χ1n) is 10.2. The summed E-state index contributed by atoms with van der Waals surface area (Å²) < 4.78 is 0. The Bertz CT molecular complexity index is 506. The first-order valence-corrected chi connectivity index (χ1v) is 10.2. The molecule has 5 aliphatic carbocycles. The zero-order valence-corrected chi connectivity index (χ0v) is 14.4. The summed E-state index contributed by atoms with van der Waals surface area (Å²) in [5.41, 5.74) is 7.60. The van der Waals surface area contributed by atoms with Gasteiger partial charge in [-0.15, -0.1) is 0 Å². The molecule has 0 saturated heterocycles. The van der Waals surface area contributed by atoms with E-state index in [0.29, 0.717) is 0 Å². The van der Waals surface area contributed by atoms with E-state index >= 15 is 0 Å². The number of hydrogen-bond donors (Lipinski definition) is 0. The van der Waals surface area contributed by atoms with Gasteiger partial charge < -0.3 is 0 Å². The van der Waals surface area contributed by atoms with E-state index in [0.717, 1.165) is 29.6 Å². The Morgan fingerprint density at radius 3 is 1.64 bits per heavy atom. The van der Waals surface area contributed by atoms with Crippen LogP contribution in [-0.4, -0.2) is 0 Å². The average Bonchev–Trinajstić information content (AvgIpc) is 2.73. The second-order valence-corrected chi connectivity index (χ2v) is 9.46. The van der Waals surface area contributed by atoms with Crippen molar-refractivity contribution < 1.29 is 0 Å². The molecule has 0 aliphatic heterocycles. The van der Waals surface area contributed by atoms with Gasteiger partial charge in [0.05, 0.1) is 0 Å². The summed E-state index contributed by atoms with van der Waals surface area (Å²) in [6.07, 6.45) is 18.0. The van der Waals surface area contributed by atoms with Crippen LogP contribution >= 0.6 is 0 Å². The highest BCUT2D eigenvalue weighted by Crippen LogP contribution is 2.54. The topological polar surface area (TPSA) is 0 Å². The molecule has 5 aliphatic rings. The molecule has 1 atom stereocenters. The highest BCUT2D eigenvalue weighted by molar-refractivity contribution is 5.31. The SMILES string of the molecule is CC1CC(=C2CC(C3CC(=C4CCC(C5CCC5)C4)C3)C2)C1. The van der Waals surface area contributed by atoms with Crippen molar-refractivity contribution in [2.75, 3.05) is 0 Å². The van der Waals surface area contributed by atoms with Gasteiger partial charge in [-0.2, -0.15) is 0 Å². The van der Waals surface area contributed by atoms with Gasteiger partial charge in [0.15, 0.2) is 0 Å². The minimum Gasteiger partial charge on any atom is -0.0707 e. The molecule has 0 bridgehead atoms. The largest absolute Gasteiger partial charge is 0.0707 e. The van der Waals surface area contributed by atoms with Gasteiger partial charge in [-0.25, -0.2) is 0 Å². The van der Waals surface area contributed by atoms with Crippen LogP contribution in [-0.2, 0) is 0 Å². The smallest absolute Gasteiger partial charge is 0.0283 e. The van der Waals surface area contributed by atoms with E-state index in [-0.39, 0.29) is 0 Å². The second-order valence-electron chi connectivity index (χ2n) is 9.46. The van der Waals surface area contributed by atoms with Crippen LogP contribution in [0.4, 0.5) is 0 Å². The van der Waals surface area contributed by atoms with Gasteiger partial charge in [-0.3, -0.25) is 0 Å². The van der Waals surface area contributed by atoms with Crippen molar-refractivity contribution in [3.63, 3.8) is 0 Å². The van der Waals surface area contributed by atoms with Crippen molar-refractivity contribution in [1.82, 2.24) is 0 Å². The van der Waals surface area contributed by atoms with Crippen molar-refractivity contribution in [3.8, 4) is 0 Å². The number of hydrogen-bond acceptors (Lipinski definition) is 0. The molecule has 120 valence electrons. The van der Waals surface area contributed by atoms with Crippen LogP contribution in [0.3, 0.4) is 0 Å². The fraction of sp³-hybridized carbons (Fsp3) is 0.818. The lowest BCUT2D eigenvalue weighted by Crippen LogP contribution is -2.32. The molecule has 0 amide bonds. The molecule has 0 heteroatoms. The molecule has 1 unspecified atom stereocenters. The van der Waals surface area contributed by atoms with Crippen LogP contribution in [0.25, 0.3) is 0 Å². The van der Waals surface area contributed by atoms with Gasteiger partial charge in [0.2, 0.25) is 0 Å². The van der Waals surface area contributed by atoms with Gasteiger partial charge in [-0.1, -0.05) is 48.5 Å². The molecule has 0 heterocycles. The maximum absolute atomic E-state index is 2.41. The molecule has 0 aromatic carbocycles. The summed E-state index contributed by atoms with van der Waals surface area (Å²) in [5, 5.41) is 0. The second kappa shape index (κ2) is 5.25. The molecule has 5 saturated carbocycles. The van der Waals surface area contributed by atoms with Gasteiger partial charge in [0, 0.05) is 0 Å². The molecular weight excluding hydrogens is 264 g/mol. The van der Waals surface area contributed by atoms with Gasteiger partial charge in [-0.05, 0) is 87.4 Å². The lowest BCUT2D eigenvalue weighted by molar-refractivity contribution is 0.206. The van der Waals surface area contributed by atoms with Crippen molar-refractivity contribution in [2.45, 2.75) is 84.0 Å². The van der Waals surface area contributed by atoms with Crippen LogP contribution in [0, 0.1) is 29.6 Å². The minimum absolute atomic E-state index is 0.993. The number of allylic oxidation sites excluding steroid dienone is 4. The van der Waals surface area contributed by atoms with Gasteiger partial charge >= 0.3 is 0 Å². The van der Waals surface area contributed by atoms with E-state index in [1.54, 1.807) is 12.8 Å². The Kier molecular flexibility index (Phi) is 3.31. The summed E-state index contributed by atoms with van der Waals surface area (Å²) in [5.74, 6) is 5.36. The Hall–Kier alpha value is -0.520. The number of rotatable bonds is 2. The van der Waals surface area contributed by atoms with Crippen LogP contribution in [0.2, 0.25) is 0 Å². The van der Waals surface area contributed by atoms with Crippen LogP contribution in [0.5, 0.6) is 0 Å². The van der Waals surface area contributed by atoms with Crippen LogP contribution in [0.1, 0.15) is 84.0 Å².